The van der Waals surface area contributed by atoms with Crippen LogP contribution in [0, 0.1) is 0 Å². The lowest BCUT2D eigenvalue weighted by molar-refractivity contribution is 0.103. The van der Waals surface area contributed by atoms with Gasteiger partial charge in [0, 0.05) is 16.8 Å². The van der Waals surface area contributed by atoms with Crippen molar-refractivity contribution in [3.63, 3.8) is 0 Å². The molecule has 0 aliphatic rings. The second kappa shape index (κ2) is 5.37. The van der Waals surface area contributed by atoms with E-state index in [2.05, 4.69) is 5.32 Å². The summed E-state index contributed by atoms with van der Waals surface area (Å²) in [6.45, 7) is 0. The second-order valence-corrected chi connectivity index (χ2v) is 3.77. The van der Waals surface area contributed by atoms with Crippen molar-refractivity contribution in [1.82, 2.24) is 0 Å². The van der Waals surface area contributed by atoms with Crippen molar-refractivity contribution in [2.45, 2.75) is 0 Å². The lowest BCUT2D eigenvalue weighted by Crippen LogP contribution is -2.01. The predicted molar refractivity (Wildman–Crippen MR) is 73.6 cm³/mol. The molecule has 0 atom stereocenters. The summed E-state index contributed by atoms with van der Waals surface area (Å²) < 4.78 is 0. The monoisotopic (exact) mass is 241 g/mol. The van der Waals surface area contributed by atoms with Crippen LogP contribution in [0.2, 0.25) is 0 Å². The van der Waals surface area contributed by atoms with Crippen LogP contribution in [0.5, 0.6) is 0 Å². The molecule has 0 heterocycles. The molecule has 0 amide bonds. The van der Waals surface area contributed by atoms with Crippen molar-refractivity contribution in [3.05, 3.63) is 65.7 Å². The van der Waals surface area contributed by atoms with E-state index in [9.17, 15) is 4.79 Å². The van der Waals surface area contributed by atoms with Gasteiger partial charge in [-0.05, 0) is 24.3 Å². The number of benzene rings is 2. The van der Waals surface area contributed by atoms with Crippen molar-refractivity contribution in [2.75, 3.05) is 5.32 Å². The molecular formula is C14H11NOS. The van der Waals surface area contributed by atoms with Gasteiger partial charge < -0.3 is 5.32 Å². The normalized spacial score (nSPS) is 9.65. The Kier molecular flexibility index (Phi) is 3.62. The van der Waals surface area contributed by atoms with Gasteiger partial charge in [-0.15, -0.1) is 0 Å². The number of hydrogen-bond acceptors (Lipinski definition) is 2. The minimum Gasteiger partial charge on any atom is -0.353 e. The van der Waals surface area contributed by atoms with Gasteiger partial charge in [0.2, 0.25) is 0 Å². The van der Waals surface area contributed by atoms with Crippen molar-refractivity contribution in [3.8, 4) is 0 Å². The first-order chi connectivity index (χ1) is 8.31. The molecule has 0 bridgehead atoms. The van der Waals surface area contributed by atoms with Crippen molar-refractivity contribution in [1.29, 1.82) is 0 Å². The highest BCUT2D eigenvalue weighted by molar-refractivity contribution is 7.79. The van der Waals surface area contributed by atoms with Crippen LogP contribution in [0.1, 0.15) is 15.9 Å². The fourth-order valence-electron chi connectivity index (χ4n) is 1.54. The van der Waals surface area contributed by atoms with E-state index in [0.29, 0.717) is 11.1 Å². The van der Waals surface area contributed by atoms with Crippen molar-refractivity contribution in [2.24, 2.45) is 0 Å². The summed E-state index contributed by atoms with van der Waals surface area (Å²) in [7, 11) is 0. The van der Waals surface area contributed by atoms with E-state index < -0.39 is 0 Å². The number of ketones is 1. The zero-order valence-corrected chi connectivity index (χ0v) is 9.91. The van der Waals surface area contributed by atoms with Crippen LogP contribution in [-0.4, -0.2) is 11.3 Å². The smallest absolute Gasteiger partial charge is 0.193 e. The van der Waals surface area contributed by atoms with E-state index in [1.54, 1.807) is 12.1 Å². The van der Waals surface area contributed by atoms with Gasteiger partial charge in [-0.2, -0.15) is 0 Å². The molecule has 0 saturated heterocycles. The summed E-state index contributed by atoms with van der Waals surface area (Å²) in [5.41, 5.74) is 3.69. The third-order valence-electron chi connectivity index (χ3n) is 2.41. The van der Waals surface area contributed by atoms with E-state index in [1.807, 2.05) is 42.5 Å². The summed E-state index contributed by atoms with van der Waals surface area (Å²) in [5, 5.41) is 2.89. The second-order valence-electron chi connectivity index (χ2n) is 3.53. The molecule has 2 aromatic carbocycles. The fourth-order valence-corrected chi connectivity index (χ4v) is 1.68. The number of carbonyl (C=O) groups excluding carboxylic acids is 1. The Bertz CT molecular complexity index is 520. The number of hydrogen-bond donors (Lipinski definition) is 1. The van der Waals surface area contributed by atoms with Gasteiger partial charge >= 0.3 is 0 Å². The zero-order valence-electron chi connectivity index (χ0n) is 9.09. The highest BCUT2D eigenvalue weighted by Gasteiger charge is 2.07. The molecule has 2 aromatic rings. The number of carbonyl (C=O) groups is 1. The Hall–Kier alpha value is -2.00. The Morgan fingerprint density at radius 1 is 0.941 bits per heavy atom. The first kappa shape index (κ1) is 11.5. The summed E-state index contributed by atoms with van der Waals surface area (Å²) >= 11 is 4.69. The summed E-state index contributed by atoms with van der Waals surface area (Å²) in [6, 6.07) is 16.5. The molecule has 0 aliphatic heterocycles. The van der Waals surface area contributed by atoms with Crippen LogP contribution in [0.3, 0.4) is 0 Å². The van der Waals surface area contributed by atoms with Crippen LogP contribution >= 0.6 is 12.2 Å². The Balaban J connectivity index is 2.23. The van der Waals surface area contributed by atoms with Crippen LogP contribution in [0.15, 0.2) is 54.6 Å². The largest absolute Gasteiger partial charge is 0.353 e. The topological polar surface area (TPSA) is 29.1 Å². The average Bonchev–Trinajstić information content (AvgIpc) is 2.40. The molecule has 3 heteroatoms. The lowest BCUT2D eigenvalue weighted by atomic mass is 10.0. The Morgan fingerprint density at radius 2 is 1.53 bits per heavy atom. The summed E-state index contributed by atoms with van der Waals surface area (Å²) in [6.07, 6.45) is 0. The van der Waals surface area contributed by atoms with Crippen molar-refractivity contribution < 1.29 is 4.79 Å². The van der Waals surface area contributed by atoms with Crippen LogP contribution < -0.4 is 5.32 Å². The molecule has 0 aromatic heterocycles. The molecule has 84 valence electrons. The number of nitrogens with one attached hydrogen (secondary N) is 1. The van der Waals surface area contributed by atoms with Crippen LogP contribution in [-0.2, 0) is 0 Å². The first-order valence-corrected chi connectivity index (χ1v) is 5.68. The number of thiocarbonyl (C=S) groups is 1. The van der Waals surface area contributed by atoms with E-state index in [4.69, 9.17) is 12.2 Å². The Labute approximate surface area is 105 Å². The molecule has 0 radical (unpaired) electrons. The predicted octanol–water partition coefficient (Wildman–Crippen LogP) is 3.29. The lowest BCUT2D eigenvalue weighted by Gasteiger charge is -2.03. The minimum atomic E-state index is 0.0273. The van der Waals surface area contributed by atoms with Gasteiger partial charge in [-0.3, -0.25) is 4.79 Å². The summed E-state index contributed by atoms with van der Waals surface area (Å²) in [4.78, 5) is 12.1. The van der Waals surface area contributed by atoms with E-state index in [-0.39, 0.29) is 5.78 Å². The maximum absolute atomic E-state index is 12.1. The van der Waals surface area contributed by atoms with Gasteiger partial charge in [-0.25, -0.2) is 0 Å². The molecule has 0 aliphatic carbocycles. The van der Waals surface area contributed by atoms with Gasteiger partial charge in [0.05, 0.1) is 5.49 Å². The number of anilines is 1. The molecule has 1 N–H and O–H groups in total. The highest BCUT2D eigenvalue weighted by atomic mass is 32.1. The van der Waals surface area contributed by atoms with Gasteiger partial charge in [-0.1, -0.05) is 42.5 Å². The van der Waals surface area contributed by atoms with E-state index in [1.165, 1.54) is 5.49 Å². The van der Waals surface area contributed by atoms with Gasteiger partial charge in [0.15, 0.2) is 5.78 Å². The summed E-state index contributed by atoms with van der Waals surface area (Å²) in [5.74, 6) is 0.0273. The zero-order chi connectivity index (χ0) is 12.1. The minimum absolute atomic E-state index is 0.0273. The van der Waals surface area contributed by atoms with Crippen LogP contribution in [0.25, 0.3) is 0 Å². The first-order valence-electron chi connectivity index (χ1n) is 5.21. The molecule has 0 fully saturated rings. The number of rotatable bonds is 4. The standard InChI is InChI=1S/C14H11NOS/c16-14(11-4-2-1-3-5-11)12-6-8-13(9-7-12)15-10-17/h1-10H,(H,15,17). The van der Waals surface area contributed by atoms with Crippen LogP contribution in [0.4, 0.5) is 5.69 Å². The SMILES string of the molecule is O=C(c1ccccc1)c1ccc(NC=S)cc1. The average molecular weight is 241 g/mol. The van der Waals surface area contributed by atoms with Crippen molar-refractivity contribution >= 4 is 29.2 Å². The Morgan fingerprint density at radius 3 is 2.12 bits per heavy atom. The maximum atomic E-state index is 12.1. The molecule has 2 rings (SSSR count). The third kappa shape index (κ3) is 2.77. The molecule has 0 unspecified atom stereocenters. The molecule has 0 saturated carbocycles. The molecular weight excluding hydrogens is 230 g/mol. The fraction of sp³-hybridized carbons (Fsp3) is 0. The third-order valence-corrected chi connectivity index (χ3v) is 2.53. The van der Waals surface area contributed by atoms with E-state index in [0.717, 1.165) is 5.69 Å². The molecule has 0 spiro atoms. The molecule has 17 heavy (non-hydrogen) atoms. The van der Waals surface area contributed by atoms with Gasteiger partial charge in [0.25, 0.3) is 0 Å². The van der Waals surface area contributed by atoms with Gasteiger partial charge in [0.1, 0.15) is 0 Å². The van der Waals surface area contributed by atoms with E-state index >= 15 is 0 Å². The maximum Gasteiger partial charge on any atom is 0.193 e. The molecule has 2 nitrogen and oxygen atoms in total. The quantitative estimate of drug-likeness (QED) is 0.658. The highest BCUT2D eigenvalue weighted by Crippen LogP contribution is 2.13.